The molecule has 1 nitrogen and oxygen atoms in total. The van der Waals surface area contributed by atoms with Crippen LogP contribution in [0.5, 0.6) is 5.75 Å². The summed E-state index contributed by atoms with van der Waals surface area (Å²) in [6, 6.07) is 6.20. The molecule has 0 bridgehead atoms. The Morgan fingerprint density at radius 1 is 1.38 bits per heavy atom. The van der Waals surface area contributed by atoms with E-state index < -0.39 is 0 Å². The van der Waals surface area contributed by atoms with Gasteiger partial charge in [0.25, 0.3) is 0 Å². The van der Waals surface area contributed by atoms with E-state index in [0.717, 1.165) is 16.8 Å². The molecule has 1 aliphatic carbocycles. The van der Waals surface area contributed by atoms with Crippen molar-refractivity contribution in [1.82, 2.24) is 0 Å². The summed E-state index contributed by atoms with van der Waals surface area (Å²) in [7, 11) is 1.72. The molecular weight excluding hydrogens is 284 g/mol. The van der Waals surface area contributed by atoms with Crippen LogP contribution in [0.4, 0.5) is 0 Å². The molecule has 0 spiro atoms. The molecule has 0 aliphatic heterocycles. The third-order valence-corrected chi connectivity index (χ3v) is 5.22. The first kappa shape index (κ1) is 12.3. The fourth-order valence-corrected chi connectivity index (χ4v) is 3.94. The first-order valence-electron chi connectivity index (χ1n) is 5.73. The Balaban J connectivity index is 1.96. The van der Waals surface area contributed by atoms with Gasteiger partial charge in [-0.15, -0.1) is 0 Å². The quantitative estimate of drug-likeness (QED) is 0.801. The van der Waals surface area contributed by atoms with Gasteiger partial charge < -0.3 is 4.74 Å². The zero-order valence-electron chi connectivity index (χ0n) is 9.54. The molecule has 0 unspecified atom stereocenters. The summed E-state index contributed by atoms with van der Waals surface area (Å²) < 4.78 is 6.44. The van der Waals surface area contributed by atoms with Crippen molar-refractivity contribution in [2.45, 2.75) is 36.7 Å². The third kappa shape index (κ3) is 3.17. The summed E-state index contributed by atoms with van der Waals surface area (Å²) in [5, 5.41) is 0.873. The highest BCUT2D eigenvalue weighted by Gasteiger charge is 2.15. The second kappa shape index (κ2) is 5.97. The number of ether oxygens (including phenoxy) is 1. The fourth-order valence-electron chi connectivity index (χ4n) is 2.05. The monoisotopic (exact) mass is 300 g/mol. The standard InChI is InChI=1S/C13H17BrOS/c1-15-11-6-7-13(14)10(8-11)9-16-12-4-2-3-5-12/h6-8,12H,2-5,9H2,1H3. The van der Waals surface area contributed by atoms with Gasteiger partial charge >= 0.3 is 0 Å². The van der Waals surface area contributed by atoms with Crippen molar-refractivity contribution in [3.8, 4) is 5.75 Å². The molecule has 0 radical (unpaired) electrons. The molecule has 3 heteroatoms. The SMILES string of the molecule is COc1ccc(Br)c(CSC2CCCC2)c1. The number of methoxy groups -OCH3 is 1. The van der Waals surface area contributed by atoms with Gasteiger partial charge in [-0.1, -0.05) is 28.8 Å². The molecule has 0 saturated heterocycles. The molecule has 1 aromatic carbocycles. The largest absolute Gasteiger partial charge is 0.497 e. The molecule has 0 aromatic heterocycles. The summed E-state index contributed by atoms with van der Waals surface area (Å²) in [5.74, 6) is 2.04. The van der Waals surface area contributed by atoms with Crippen LogP contribution in [0.15, 0.2) is 22.7 Å². The summed E-state index contributed by atoms with van der Waals surface area (Å²) in [5.41, 5.74) is 1.34. The summed E-state index contributed by atoms with van der Waals surface area (Å²) in [4.78, 5) is 0. The average molecular weight is 301 g/mol. The van der Waals surface area contributed by atoms with Crippen LogP contribution < -0.4 is 4.74 Å². The Morgan fingerprint density at radius 3 is 2.81 bits per heavy atom. The fraction of sp³-hybridized carbons (Fsp3) is 0.538. The van der Waals surface area contributed by atoms with Crippen LogP contribution in [0.25, 0.3) is 0 Å². The molecule has 0 N–H and O–H groups in total. The lowest BCUT2D eigenvalue weighted by Gasteiger charge is -2.11. The smallest absolute Gasteiger partial charge is 0.119 e. The van der Waals surface area contributed by atoms with E-state index in [2.05, 4.69) is 39.8 Å². The minimum Gasteiger partial charge on any atom is -0.497 e. The summed E-state index contributed by atoms with van der Waals surface area (Å²) >= 11 is 5.69. The van der Waals surface area contributed by atoms with Gasteiger partial charge in [0.05, 0.1) is 7.11 Å². The Labute approximate surface area is 110 Å². The van der Waals surface area contributed by atoms with E-state index in [1.54, 1.807) is 7.11 Å². The van der Waals surface area contributed by atoms with Crippen LogP contribution in [0.3, 0.4) is 0 Å². The highest BCUT2D eigenvalue weighted by atomic mass is 79.9. The van der Waals surface area contributed by atoms with Crippen molar-refractivity contribution in [3.63, 3.8) is 0 Å². The second-order valence-corrected chi connectivity index (χ2v) is 6.32. The van der Waals surface area contributed by atoms with Crippen molar-refractivity contribution < 1.29 is 4.74 Å². The van der Waals surface area contributed by atoms with Crippen molar-refractivity contribution in [1.29, 1.82) is 0 Å². The third-order valence-electron chi connectivity index (χ3n) is 3.03. The maximum absolute atomic E-state index is 5.25. The molecule has 1 aromatic rings. The Bertz CT molecular complexity index is 348. The van der Waals surface area contributed by atoms with Gasteiger partial charge in [-0.25, -0.2) is 0 Å². The van der Waals surface area contributed by atoms with Crippen LogP contribution in [0.2, 0.25) is 0 Å². The van der Waals surface area contributed by atoms with Crippen LogP contribution in [0, 0.1) is 0 Å². The molecule has 0 amide bonds. The van der Waals surface area contributed by atoms with Crippen LogP contribution >= 0.6 is 27.7 Å². The number of hydrogen-bond acceptors (Lipinski definition) is 2. The lowest BCUT2D eigenvalue weighted by molar-refractivity contribution is 0.414. The van der Waals surface area contributed by atoms with Crippen molar-refractivity contribution in [2.75, 3.05) is 7.11 Å². The van der Waals surface area contributed by atoms with Crippen LogP contribution in [0.1, 0.15) is 31.2 Å². The molecule has 1 saturated carbocycles. The van der Waals surface area contributed by atoms with Gasteiger partial charge in [0, 0.05) is 15.5 Å². The van der Waals surface area contributed by atoms with Gasteiger partial charge in [-0.05, 0) is 36.6 Å². The topological polar surface area (TPSA) is 9.23 Å². The Kier molecular flexibility index (Phi) is 4.59. The van der Waals surface area contributed by atoms with Crippen molar-refractivity contribution >= 4 is 27.7 Å². The maximum Gasteiger partial charge on any atom is 0.119 e. The van der Waals surface area contributed by atoms with Crippen molar-refractivity contribution in [2.24, 2.45) is 0 Å². The van der Waals surface area contributed by atoms with E-state index >= 15 is 0 Å². The predicted molar refractivity (Wildman–Crippen MR) is 74.2 cm³/mol. The van der Waals surface area contributed by atoms with E-state index in [4.69, 9.17) is 4.74 Å². The van der Waals surface area contributed by atoms with Crippen LogP contribution in [-0.2, 0) is 5.75 Å². The van der Waals surface area contributed by atoms with Crippen LogP contribution in [-0.4, -0.2) is 12.4 Å². The number of hydrogen-bond donors (Lipinski definition) is 0. The van der Waals surface area contributed by atoms with Gasteiger partial charge in [0.1, 0.15) is 5.75 Å². The minimum atomic E-state index is 0.873. The number of rotatable bonds is 4. The van der Waals surface area contributed by atoms with E-state index in [9.17, 15) is 0 Å². The highest BCUT2D eigenvalue weighted by molar-refractivity contribution is 9.10. The lowest BCUT2D eigenvalue weighted by Crippen LogP contribution is -1.95. The maximum atomic E-state index is 5.25. The van der Waals surface area contributed by atoms with E-state index in [1.165, 1.54) is 35.7 Å². The molecular formula is C13H17BrOS. The molecule has 1 fully saturated rings. The summed E-state index contributed by atoms with van der Waals surface area (Å²) in [6.07, 6.45) is 5.62. The number of thioether (sulfide) groups is 1. The number of benzene rings is 1. The van der Waals surface area contributed by atoms with Gasteiger partial charge in [-0.2, -0.15) is 11.8 Å². The van der Waals surface area contributed by atoms with E-state index in [-0.39, 0.29) is 0 Å². The van der Waals surface area contributed by atoms with Gasteiger partial charge in [0.15, 0.2) is 0 Å². The Hall–Kier alpha value is -0.150. The van der Waals surface area contributed by atoms with E-state index in [1.807, 2.05) is 6.07 Å². The minimum absolute atomic E-state index is 0.873. The molecule has 16 heavy (non-hydrogen) atoms. The molecule has 2 rings (SSSR count). The normalized spacial score (nSPS) is 16.6. The lowest BCUT2D eigenvalue weighted by atomic mass is 10.2. The van der Waals surface area contributed by atoms with Gasteiger partial charge in [0.2, 0.25) is 0 Å². The van der Waals surface area contributed by atoms with E-state index in [0.29, 0.717) is 0 Å². The Morgan fingerprint density at radius 2 is 2.12 bits per heavy atom. The zero-order chi connectivity index (χ0) is 11.4. The molecule has 88 valence electrons. The van der Waals surface area contributed by atoms with Gasteiger partial charge in [-0.3, -0.25) is 0 Å². The molecule has 0 atom stereocenters. The predicted octanol–water partition coefficient (Wildman–Crippen LogP) is 4.63. The first-order chi connectivity index (χ1) is 7.79. The zero-order valence-corrected chi connectivity index (χ0v) is 11.9. The molecule has 0 heterocycles. The summed E-state index contributed by atoms with van der Waals surface area (Å²) in [6.45, 7) is 0. The van der Waals surface area contributed by atoms with Crippen molar-refractivity contribution in [3.05, 3.63) is 28.2 Å². The molecule has 1 aliphatic rings. The second-order valence-electron chi connectivity index (χ2n) is 4.17. The highest BCUT2D eigenvalue weighted by Crippen LogP contribution is 2.34. The average Bonchev–Trinajstić information content (AvgIpc) is 2.81. The number of halogens is 1. The first-order valence-corrected chi connectivity index (χ1v) is 7.58.